The van der Waals surface area contributed by atoms with Crippen LogP contribution >= 0.6 is 0 Å². The Morgan fingerprint density at radius 2 is 1.45 bits per heavy atom. The lowest BCUT2D eigenvalue weighted by Gasteiger charge is -2.44. The number of hydrogen-bond donors (Lipinski definition) is 0. The van der Waals surface area contributed by atoms with E-state index >= 15 is 0 Å². The summed E-state index contributed by atoms with van der Waals surface area (Å²) >= 11 is 0. The van der Waals surface area contributed by atoms with Gasteiger partial charge in [0, 0.05) is 10.8 Å². The third-order valence-electron chi connectivity index (χ3n) is 5.02. The standard InChI is InChI=1S/C18H35NO/c1-16(2,3)15(20)18(6,7)13-17(4,5)14-9-11-19(8)12-10-14/h14H,9-13H2,1-8H3. The highest BCUT2D eigenvalue weighted by molar-refractivity contribution is 5.88. The van der Waals surface area contributed by atoms with Crippen LogP contribution in [0.4, 0.5) is 0 Å². The Kier molecular flexibility index (Phi) is 5.12. The normalized spacial score (nSPS) is 20.2. The fourth-order valence-corrected chi connectivity index (χ4v) is 4.17. The van der Waals surface area contributed by atoms with Gasteiger partial charge in [-0.2, -0.15) is 0 Å². The van der Waals surface area contributed by atoms with E-state index in [0.29, 0.717) is 5.78 Å². The van der Waals surface area contributed by atoms with E-state index in [1.165, 1.54) is 25.9 Å². The molecule has 1 heterocycles. The Labute approximate surface area is 126 Å². The second-order valence-corrected chi connectivity index (χ2v) is 9.21. The second kappa shape index (κ2) is 5.79. The van der Waals surface area contributed by atoms with E-state index in [2.05, 4.69) is 39.6 Å². The number of rotatable bonds is 4. The highest BCUT2D eigenvalue weighted by atomic mass is 16.1. The summed E-state index contributed by atoms with van der Waals surface area (Å²) in [4.78, 5) is 15.1. The number of ketones is 1. The van der Waals surface area contributed by atoms with Gasteiger partial charge in [0.25, 0.3) is 0 Å². The van der Waals surface area contributed by atoms with Crippen LogP contribution in [0.3, 0.4) is 0 Å². The van der Waals surface area contributed by atoms with Crippen LogP contribution in [0.5, 0.6) is 0 Å². The molecule has 2 heteroatoms. The van der Waals surface area contributed by atoms with Gasteiger partial charge in [0.15, 0.2) is 0 Å². The van der Waals surface area contributed by atoms with E-state index in [1.807, 2.05) is 20.8 Å². The zero-order chi connectivity index (χ0) is 15.8. The van der Waals surface area contributed by atoms with E-state index < -0.39 is 0 Å². The van der Waals surface area contributed by atoms with Gasteiger partial charge < -0.3 is 4.90 Å². The maximum atomic E-state index is 12.7. The van der Waals surface area contributed by atoms with Crippen molar-refractivity contribution in [1.29, 1.82) is 0 Å². The zero-order valence-electron chi connectivity index (χ0n) is 15.0. The van der Waals surface area contributed by atoms with Gasteiger partial charge >= 0.3 is 0 Å². The largest absolute Gasteiger partial charge is 0.306 e. The van der Waals surface area contributed by atoms with Crippen molar-refractivity contribution in [2.24, 2.45) is 22.2 Å². The predicted molar refractivity (Wildman–Crippen MR) is 86.9 cm³/mol. The molecule has 0 saturated carbocycles. The molecule has 2 nitrogen and oxygen atoms in total. The lowest BCUT2D eigenvalue weighted by atomic mass is 9.62. The SMILES string of the molecule is CN1CCC(C(C)(C)CC(C)(C)C(=O)C(C)(C)C)CC1. The minimum absolute atomic E-state index is 0.231. The first kappa shape index (κ1) is 17.7. The molecule has 118 valence electrons. The summed E-state index contributed by atoms with van der Waals surface area (Å²) in [5.41, 5.74) is -0.233. The van der Waals surface area contributed by atoms with Gasteiger partial charge in [-0.1, -0.05) is 48.5 Å². The lowest BCUT2D eigenvalue weighted by molar-refractivity contribution is -0.137. The highest BCUT2D eigenvalue weighted by Gasteiger charge is 2.42. The third kappa shape index (κ3) is 4.31. The maximum Gasteiger partial charge on any atom is 0.143 e. The van der Waals surface area contributed by atoms with Crippen molar-refractivity contribution in [3.8, 4) is 0 Å². The number of piperidine rings is 1. The van der Waals surface area contributed by atoms with E-state index in [1.54, 1.807) is 0 Å². The predicted octanol–water partition coefficient (Wildman–Crippen LogP) is 4.39. The second-order valence-electron chi connectivity index (χ2n) is 9.21. The van der Waals surface area contributed by atoms with E-state index in [-0.39, 0.29) is 16.2 Å². The van der Waals surface area contributed by atoms with Crippen LogP contribution in [-0.4, -0.2) is 30.8 Å². The summed E-state index contributed by atoms with van der Waals surface area (Å²) in [5.74, 6) is 1.14. The van der Waals surface area contributed by atoms with Crippen LogP contribution in [0, 0.1) is 22.2 Å². The van der Waals surface area contributed by atoms with E-state index in [4.69, 9.17) is 0 Å². The van der Waals surface area contributed by atoms with E-state index in [0.717, 1.165) is 12.3 Å². The minimum Gasteiger partial charge on any atom is -0.306 e. The molecule has 1 rings (SSSR count). The molecular weight excluding hydrogens is 246 g/mol. The first-order valence-electron chi connectivity index (χ1n) is 8.10. The molecule has 0 aromatic heterocycles. The van der Waals surface area contributed by atoms with Crippen molar-refractivity contribution in [2.45, 2.75) is 67.7 Å². The fraction of sp³-hybridized carbons (Fsp3) is 0.944. The van der Waals surface area contributed by atoms with Crippen molar-refractivity contribution >= 4 is 5.78 Å². The lowest BCUT2D eigenvalue weighted by Crippen LogP contribution is -2.42. The van der Waals surface area contributed by atoms with Crippen LogP contribution in [0.15, 0.2) is 0 Å². The fourth-order valence-electron chi connectivity index (χ4n) is 4.17. The van der Waals surface area contributed by atoms with Gasteiger partial charge in [-0.15, -0.1) is 0 Å². The Hall–Kier alpha value is -0.370. The molecule has 0 unspecified atom stereocenters. The average molecular weight is 281 g/mol. The summed E-state index contributed by atoms with van der Waals surface area (Å²) in [5, 5.41) is 0. The molecule has 20 heavy (non-hydrogen) atoms. The number of carbonyl (C=O) groups is 1. The van der Waals surface area contributed by atoms with Crippen LogP contribution in [0.1, 0.15) is 67.7 Å². The molecule has 1 saturated heterocycles. The molecule has 0 amide bonds. The van der Waals surface area contributed by atoms with Crippen LogP contribution in [0.25, 0.3) is 0 Å². The summed E-state index contributed by atoms with van der Waals surface area (Å²) in [6, 6.07) is 0. The van der Waals surface area contributed by atoms with Crippen molar-refractivity contribution < 1.29 is 4.79 Å². The van der Waals surface area contributed by atoms with Crippen molar-refractivity contribution in [2.75, 3.05) is 20.1 Å². The van der Waals surface area contributed by atoms with Gasteiger partial charge in [-0.3, -0.25) is 4.79 Å². The topological polar surface area (TPSA) is 20.3 Å². The minimum atomic E-state index is -0.244. The quantitative estimate of drug-likeness (QED) is 0.762. The zero-order valence-corrected chi connectivity index (χ0v) is 15.0. The first-order chi connectivity index (χ1) is 8.86. The molecule has 1 aliphatic rings. The molecule has 0 aliphatic carbocycles. The monoisotopic (exact) mass is 281 g/mol. The summed E-state index contributed by atoms with van der Waals surface area (Å²) in [6.07, 6.45) is 3.52. The van der Waals surface area contributed by atoms with Crippen LogP contribution < -0.4 is 0 Å². The van der Waals surface area contributed by atoms with Crippen LogP contribution in [0.2, 0.25) is 0 Å². The number of Topliss-reactive ketones (excluding diaryl/α,β-unsaturated/α-hetero) is 1. The van der Waals surface area contributed by atoms with Gasteiger partial charge in [0.2, 0.25) is 0 Å². The number of likely N-dealkylation sites (tertiary alicyclic amines) is 1. The van der Waals surface area contributed by atoms with Crippen molar-refractivity contribution in [3.05, 3.63) is 0 Å². The summed E-state index contributed by atoms with van der Waals surface area (Å²) < 4.78 is 0. The van der Waals surface area contributed by atoms with Gasteiger partial charge in [0.1, 0.15) is 5.78 Å². The molecule has 0 atom stereocenters. The molecule has 0 N–H and O–H groups in total. The van der Waals surface area contributed by atoms with Gasteiger partial charge in [-0.25, -0.2) is 0 Å². The molecule has 0 aromatic rings. The van der Waals surface area contributed by atoms with E-state index in [9.17, 15) is 4.79 Å². The Bertz CT molecular complexity index is 341. The third-order valence-corrected chi connectivity index (χ3v) is 5.02. The molecule has 1 fully saturated rings. The number of carbonyl (C=O) groups excluding carboxylic acids is 1. The molecule has 0 radical (unpaired) electrons. The molecule has 0 aromatic carbocycles. The van der Waals surface area contributed by atoms with Crippen LogP contribution in [-0.2, 0) is 4.79 Å². The van der Waals surface area contributed by atoms with Crippen molar-refractivity contribution in [1.82, 2.24) is 4.90 Å². The average Bonchev–Trinajstić information content (AvgIpc) is 2.26. The van der Waals surface area contributed by atoms with Gasteiger partial charge in [-0.05, 0) is 50.7 Å². The molecule has 1 aliphatic heterocycles. The first-order valence-corrected chi connectivity index (χ1v) is 8.10. The smallest absolute Gasteiger partial charge is 0.143 e. The number of nitrogens with zero attached hydrogens (tertiary/aromatic N) is 1. The Morgan fingerprint density at radius 1 is 1.00 bits per heavy atom. The summed E-state index contributed by atoms with van der Waals surface area (Å²) in [7, 11) is 2.20. The molecular formula is C18H35NO. The highest BCUT2D eigenvalue weighted by Crippen LogP contribution is 2.45. The summed E-state index contributed by atoms with van der Waals surface area (Å²) in [6.45, 7) is 17.5. The molecule has 0 bridgehead atoms. The van der Waals surface area contributed by atoms with Crippen molar-refractivity contribution in [3.63, 3.8) is 0 Å². The Balaban J connectivity index is 2.76. The van der Waals surface area contributed by atoms with Gasteiger partial charge in [0.05, 0.1) is 0 Å². The Morgan fingerprint density at radius 3 is 1.85 bits per heavy atom. The number of hydrogen-bond acceptors (Lipinski definition) is 2. The molecule has 0 spiro atoms. The maximum absolute atomic E-state index is 12.7.